The number of aryl methyl sites for hydroxylation is 1. The second kappa shape index (κ2) is 6.80. The van der Waals surface area contributed by atoms with Crippen LogP contribution in [-0.2, 0) is 12.8 Å². The van der Waals surface area contributed by atoms with Crippen molar-refractivity contribution in [3.63, 3.8) is 0 Å². The third kappa shape index (κ3) is 3.85. The van der Waals surface area contributed by atoms with Gasteiger partial charge in [-0.3, -0.25) is 0 Å². The minimum absolute atomic E-state index is 0.714. The third-order valence-electron chi connectivity index (χ3n) is 3.81. The van der Waals surface area contributed by atoms with Gasteiger partial charge in [0.1, 0.15) is 0 Å². The average molecular weight is 231 g/mol. The summed E-state index contributed by atoms with van der Waals surface area (Å²) in [7, 11) is 0. The standard InChI is InChI=1S/C16H25N/c1-2-3-4-7-12-17-16-11-10-14-8-5-6-9-15(14)13-16/h5-6,8-9,16-17H,2-4,7,10-13H2,1H3. The fourth-order valence-corrected chi connectivity index (χ4v) is 2.73. The van der Waals surface area contributed by atoms with Gasteiger partial charge in [0.15, 0.2) is 0 Å². The molecule has 0 amide bonds. The molecule has 0 heterocycles. The Morgan fingerprint density at radius 3 is 2.76 bits per heavy atom. The molecule has 1 aliphatic carbocycles. The Kier molecular flexibility index (Phi) is 5.06. The fourth-order valence-electron chi connectivity index (χ4n) is 2.73. The number of unbranched alkanes of at least 4 members (excludes halogenated alkanes) is 3. The third-order valence-corrected chi connectivity index (χ3v) is 3.81. The summed E-state index contributed by atoms with van der Waals surface area (Å²) < 4.78 is 0. The number of fused-ring (bicyclic) bond motifs is 1. The zero-order valence-corrected chi connectivity index (χ0v) is 11.0. The largest absolute Gasteiger partial charge is 0.314 e. The van der Waals surface area contributed by atoms with Crippen LogP contribution in [0, 0.1) is 0 Å². The molecule has 1 aliphatic rings. The van der Waals surface area contributed by atoms with E-state index in [1.165, 1.54) is 51.5 Å². The second-order valence-corrected chi connectivity index (χ2v) is 5.22. The lowest BCUT2D eigenvalue weighted by Crippen LogP contribution is -2.35. The van der Waals surface area contributed by atoms with Crippen LogP contribution < -0.4 is 5.32 Å². The normalized spacial score (nSPS) is 19.0. The zero-order chi connectivity index (χ0) is 11.9. The van der Waals surface area contributed by atoms with E-state index in [-0.39, 0.29) is 0 Å². The lowest BCUT2D eigenvalue weighted by Gasteiger charge is -2.25. The second-order valence-electron chi connectivity index (χ2n) is 5.22. The molecule has 17 heavy (non-hydrogen) atoms. The average Bonchev–Trinajstić information content (AvgIpc) is 2.38. The molecule has 2 rings (SSSR count). The van der Waals surface area contributed by atoms with Crippen molar-refractivity contribution in [1.29, 1.82) is 0 Å². The zero-order valence-electron chi connectivity index (χ0n) is 11.0. The number of benzene rings is 1. The summed E-state index contributed by atoms with van der Waals surface area (Å²) in [5, 5.41) is 3.72. The van der Waals surface area contributed by atoms with Gasteiger partial charge in [-0.1, -0.05) is 50.5 Å². The summed E-state index contributed by atoms with van der Waals surface area (Å²) in [6.07, 6.45) is 9.22. The first-order valence-corrected chi connectivity index (χ1v) is 7.20. The van der Waals surface area contributed by atoms with Gasteiger partial charge in [0.25, 0.3) is 0 Å². The van der Waals surface area contributed by atoms with E-state index < -0.39 is 0 Å². The molecule has 0 radical (unpaired) electrons. The molecule has 0 bridgehead atoms. The van der Waals surface area contributed by atoms with E-state index in [0.717, 1.165) is 0 Å². The molecule has 1 nitrogen and oxygen atoms in total. The van der Waals surface area contributed by atoms with Gasteiger partial charge in [0, 0.05) is 6.04 Å². The Balaban J connectivity index is 1.71. The Morgan fingerprint density at radius 2 is 1.94 bits per heavy atom. The van der Waals surface area contributed by atoms with Crippen LogP contribution in [0.25, 0.3) is 0 Å². The first-order valence-electron chi connectivity index (χ1n) is 7.20. The molecule has 1 atom stereocenters. The van der Waals surface area contributed by atoms with Gasteiger partial charge in [-0.2, -0.15) is 0 Å². The number of nitrogens with one attached hydrogen (secondary N) is 1. The van der Waals surface area contributed by atoms with Gasteiger partial charge >= 0.3 is 0 Å². The van der Waals surface area contributed by atoms with E-state index >= 15 is 0 Å². The van der Waals surface area contributed by atoms with Crippen LogP contribution in [0.4, 0.5) is 0 Å². The summed E-state index contributed by atoms with van der Waals surface area (Å²) >= 11 is 0. The first-order chi connectivity index (χ1) is 8.40. The predicted molar refractivity (Wildman–Crippen MR) is 74.4 cm³/mol. The summed E-state index contributed by atoms with van der Waals surface area (Å²) in [5.41, 5.74) is 3.13. The Bertz CT molecular complexity index is 332. The molecule has 1 unspecified atom stereocenters. The van der Waals surface area contributed by atoms with Crippen molar-refractivity contribution in [1.82, 2.24) is 5.32 Å². The van der Waals surface area contributed by atoms with Crippen molar-refractivity contribution in [2.75, 3.05) is 6.54 Å². The van der Waals surface area contributed by atoms with E-state index in [1.807, 2.05) is 0 Å². The van der Waals surface area contributed by atoms with Crippen molar-refractivity contribution in [3.8, 4) is 0 Å². The number of rotatable bonds is 6. The van der Waals surface area contributed by atoms with Crippen LogP contribution in [0.15, 0.2) is 24.3 Å². The van der Waals surface area contributed by atoms with Crippen LogP contribution in [0.3, 0.4) is 0 Å². The number of hydrogen-bond acceptors (Lipinski definition) is 1. The molecule has 0 aromatic heterocycles. The van der Waals surface area contributed by atoms with E-state index in [1.54, 1.807) is 11.1 Å². The van der Waals surface area contributed by atoms with Gasteiger partial charge in [-0.25, -0.2) is 0 Å². The van der Waals surface area contributed by atoms with Gasteiger partial charge in [0.2, 0.25) is 0 Å². The minimum Gasteiger partial charge on any atom is -0.314 e. The smallest absolute Gasteiger partial charge is 0.0111 e. The van der Waals surface area contributed by atoms with Crippen molar-refractivity contribution in [2.45, 2.75) is 57.9 Å². The molecule has 0 aliphatic heterocycles. The molecule has 0 fully saturated rings. The van der Waals surface area contributed by atoms with Crippen LogP contribution in [0.1, 0.15) is 50.2 Å². The first kappa shape index (κ1) is 12.6. The van der Waals surface area contributed by atoms with Crippen LogP contribution in [0.5, 0.6) is 0 Å². The van der Waals surface area contributed by atoms with E-state index in [0.29, 0.717) is 6.04 Å². The van der Waals surface area contributed by atoms with E-state index in [9.17, 15) is 0 Å². The molecule has 94 valence electrons. The van der Waals surface area contributed by atoms with Crippen LogP contribution in [-0.4, -0.2) is 12.6 Å². The summed E-state index contributed by atoms with van der Waals surface area (Å²) in [6.45, 7) is 3.47. The number of hydrogen-bond donors (Lipinski definition) is 1. The van der Waals surface area contributed by atoms with Crippen molar-refractivity contribution in [3.05, 3.63) is 35.4 Å². The highest BCUT2D eigenvalue weighted by Gasteiger charge is 2.16. The lowest BCUT2D eigenvalue weighted by atomic mass is 9.88. The van der Waals surface area contributed by atoms with Crippen molar-refractivity contribution in [2.24, 2.45) is 0 Å². The van der Waals surface area contributed by atoms with Gasteiger partial charge in [-0.15, -0.1) is 0 Å². The monoisotopic (exact) mass is 231 g/mol. The quantitative estimate of drug-likeness (QED) is 0.736. The topological polar surface area (TPSA) is 12.0 Å². The Hall–Kier alpha value is -0.820. The summed E-state index contributed by atoms with van der Waals surface area (Å²) in [5.74, 6) is 0. The Labute approximate surface area is 106 Å². The van der Waals surface area contributed by atoms with E-state index in [4.69, 9.17) is 0 Å². The highest BCUT2D eigenvalue weighted by molar-refractivity contribution is 5.30. The maximum Gasteiger partial charge on any atom is 0.0111 e. The molecular weight excluding hydrogens is 206 g/mol. The molecule has 0 saturated heterocycles. The van der Waals surface area contributed by atoms with Crippen molar-refractivity contribution >= 4 is 0 Å². The molecular formula is C16H25N. The summed E-state index contributed by atoms with van der Waals surface area (Å²) in [4.78, 5) is 0. The summed E-state index contributed by atoms with van der Waals surface area (Å²) in [6, 6.07) is 9.62. The molecule has 0 spiro atoms. The highest BCUT2D eigenvalue weighted by Crippen LogP contribution is 2.20. The molecule has 1 aromatic carbocycles. The maximum atomic E-state index is 3.72. The van der Waals surface area contributed by atoms with Crippen LogP contribution in [0.2, 0.25) is 0 Å². The van der Waals surface area contributed by atoms with Gasteiger partial charge in [0.05, 0.1) is 0 Å². The van der Waals surface area contributed by atoms with Gasteiger partial charge < -0.3 is 5.32 Å². The Morgan fingerprint density at radius 1 is 1.12 bits per heavy atom. The maximum absolute atomic E-state index is 3.72. The molecule has 1 aromatic rings. The minimum atomic E-state index is 0.714. The van der Waals surface area contributed by atoms with Crippen LogP contribution >= 0.6 is 0 Å². The lowest BCUT2D eigenvalue weighted by molar-refractivity contribution is 0.448. The molecule has 1 N–H and O–H groups in total. The highest BCUT2D eigenvalue weighted by atomic mass is 14.9. The SMILES string of the molecule is CCCCCCNC1CCc2ccccc2C1. The predicted octanol–water partition coefficient (Wildman–Crippen LogP) is 3.71. The molecule has 0 saturated carbocycles. The van der Waals surface area contributed by atoms with Gasteiger partial charge in [-0.05, 0) is 43.4 Å². The van der Waals surface area contributed by atoms with E-state index in [2.05, 4.69) is 36.5 Å². The molecule has 1 heteroatoms. The van der Waals surface area contributed by atoms with Crippen molar-refractivity contribution < 1.29 is 0 Å². The fraction of sp³-hybridized carbons (Fsp3) is 0.625.